The Bertz CT molecular complexity index is 832. The van der Waals surface area contributed by atoms with E-state index in [9.17, 15) is 8.42 Å². The summed E-state index contributed by atoms with van der Waals surface area (Å²) in [5, 5.41) is 2.84. The number of nitrogens with zero attached hydrogens (tertiary/aromatic N) is 3. The van der Waals surface area contributed by atoms with Crippen LogP contribution in [0.2, 0.25) is 0 Å². The van der Waals surface area contributed by atoms with E-state index < -0.39 is 10.0 Å². The molecule has 0 bridgehead atoms. The summed E-state index contributed by atoms with van der Waals surface area (Å²) in [6.45, 7) is 6.29. The quantitative estimate of drug-likeness (QED) is 0.818. The van der Waals surface area contributed by atoms with Gasteiger partial charge in [-0.05, 0) is 45.5 Å². The van der Waals surface area contributed by atoms with Gasteiger partial charge in [-0.1, -0.05) is 19.1 Å². The first-order valence-corrected chi connectivity index (χ1v) is 11.0. The molecule has 2 aromatic rings. The molecule has 0 N–H and O–H groups in total. The first-order chi connectivity index (χ1) is 11.9. The molecule has 3 rings (SSSR count). The average molecular weight is 380 g/mol. The van der Waals surface area contributed by atoms with Gasteiger partial charge >= 0.3 is 0 Å². The summed E-state index contributed by atoms with van der Waals surface area (Å²) in [5.74, 6) is 0. The number of hydrogen-bond acceptors (Lipinski definition) is 5. The molecule has 136 valence electrons. The maximum atomic E-state index is 13.3. The van der Waals surface area contributed by atoms with Crippen LogP contribution in [0.25, 0.3) is 10.6 Å². The predicted octanol–water partition coefficient (Wildman–Crippen LogP) is 3.22. The molecule has 0 unspecified atom stereocenters. The van der Waals surface area contributed by atoms with E-state index in [-0.39, 0.29) is 6.04 Å². The SMILES string of the molecule is CC[C@@H]1CN(C)CCCN1S(=O)(=O)c1cccc(-c2nc(C)cs2)c1. The predicted molar refractivity (Wildman–Crippen MR) is 102 cm³/mol. The van der Waals surface area contributed by atoms with Crippen LogP contribution < -0.4 is 0 Å². The number of sulfonamides is 1. The number of aromatic nitrogens is 1. The molecular weight excluding hydrogens is 354 g/mol. The molecular formula is C18H25N3O2S2. The summed E-state index contributed by atoms with van der Waals surface area (Å²) in [4.78, 5) is 7.06. The van der Waals surface area contributed by atoms with Gasteiger partial charge in [0.25, 0.3) is 0 Å². The molecule has 25 heavy (non-hydrogen) atoms. The number of rotatable bonds is 4. The van der Waals surface area contributed by atoms with E-state index in [1.807, 2.05) is 24.4 Å². The van der Waals surface area contributed by atoms with Crippen LogP contribution in [0.3, 0.4) is 0 Å². The van der Waals surface area contributed by atoms with E-state index in [1.165, 1.54) is 0 Å². The lowest BCUT2D eigenvalue weighted by atomic mass is 10.2. The van der Waals surface area contributed by atoms with Crippen molar-refractivity contribution in [3.8, 4) is 10.6 Å². The smallest absolute Gasteiger partial charge is 0.243 e. The fraction of sp³-hybridized carbons (Fsp3) is 0.500. The van der Waals surface area contributed by atoms with E-state index in [4.69, 9.17) is 0 Å². The van der Waals surface area contributed by atoms with Gasteiger partial charge in [-0.3, -0.25) is 0 Å². The van der Waals surface area contributed by atoms with Crippen molar-refractivity contribution in [1.29, 1.82) is 0 Å². The minimum absolute atomic E-state index is 0.0169. The van der Waals surface area contributed by atoms with Gasteiger partial charge in [0, 0.05) is 35.8 Å². The van der Waals surface area contributed by atoms with Crippen molar-refractivity contribution in [1.82, 2.24) is 14.2 Å². The van der Waals surface area contributed by atoms with E-state index >= 15 is 0 Å². The van der Waals surface area contributed by atoms with Crippen LogP contribution in [0.15, 0.2) is 34.5 Å². The van der Waals surface area contributed by atoms with Gasteiger partial charge < -0.3 is 4.90 Å². The van der Waals surface area contributed by atoms with Crippen molar-refractivity contribution in [2.75, 3.05) is 26.7 Å². The number of benzene rings is 1. The van der Waals surface area contributed by atoms with Crippen LogP contribution in [0.1, 0.15) is 25.5 Å². The molecule has 2 heterocycles. The monoisotopic (exact) mass is 379 g/mol. The Hall–Kier alpha value is -1.28. The molecule has 0 saturated carbocycles. The molecule has 0 radical (unpaired) electrons. The molecule has 1 saturated heterocycles. The Balaban J connectivity index is 1.96. The third-order valence-electron chi connectivity index (χ3n) is 4.63. The largest absolute Gasteiger partial charge is 0.305 e. The van der Waals surface area contributed by atoms with Crippen LogP contribution in [-0.2, 0) is 10.0 Å². The third-order valence-corrected chi connectivity index (χ3v) is 7.58. The van der Waals surface area contributed by atoms with Crippen LogP contribution in [-0.4, -0.2) is 55.3 Å². The molecule has 5 nitrogen and oxygen atoms in total. The lowest BCUT2D eigenvalue weighted by molar-refractivity contribution is 0.270. The van der Waals surface area contributed by atoms with E-state index in [0.717, 1.165) is 42.2 Å². The second-order valence-corrected chi connectivity index (χ2v) is 9.36. The van der Waals surface area contributed by atoms with Crippen molar-refractivity contribution < 1.29 is 8.42 Å². The second-order valence-electron chi connectivity index (χ2n) is 6.62. The highest BCUT2D eigenvalue weighted by Crippen LogP contribution is 2.28. The lowest BCUT2D eigenvalue weighted by Crippen LogP contribution is -2.43. The minimum atomic E-state index is -3.51. The normalized spacial score (nSPS) is 20.5. The summed E-state index contributed by atoms with van der Waals surface area (Å²) in [5.41, 5.74) is 1.81. The van der Waals surface area contributed by atoms with Crippen LogP contribution in [0.4, 0.5) is 0 Å². The first-order valence-electron chi connectivity index (χ1n) is 8.64. The highest BCUT2D eigenvalue weighted by molar-refractivity contribution is 7.89. The Morgan fingerprint density at radius 1 is 1.32 bits per heavy atom. The van der Waals surface area contributed by atoms with Gasteiger partial charge in [0.1, 0.15) is 5.01 Å². The Labute approximate surface area is 154 Å². The molecule has 1 atom stereocenters. The van der Waals surface area contributed by atoms with E-state index in [2.05, 4.69) is 23.9 Å². The molecule has 1 fully saturated rings. The fourth-order valence-corrected chi connectivity index (χ4v) is 5.85. The Kier molecular flexibility index (Phi) is 5.58. The first kappa shape index (κ1) is 18.5. The minimum Gasteiger partial charge on any atom is -0.305 e. The van der Waals surface area contributed by atoms with Crippen molar-refractivity contribution in [3.05, 3.63) is 35.3 Å². The van der Waals surface area contributed by atoms with E-state index in [0.29, 0.717) is 11.4 Å². The summed E-state index contributed by atoms with van der Waals surface area (Å²) in [7, 11) is -1.45. The zero-order valence-electron chi connectivity index (χ0n) is 15.0. The number of likely N-dealkylation sites (N-methyl/N-ethyl adjacent to an activating group) is 1. The molecule has 1 aromatic carbocycles. The molecule has 1 aromatic heterocycles. The molecule has 0 spiro atoms. The fourth-order valence-electron chi connectivity index (χ4n) is 3.28. The van der Waals surface area contributed by atoms with Crippen molar-refractivity contribution in [2.24, 2.45) is 0 Å². The number of aryl methyl sites for hydroxylation is 1. The van der Waals surface area contributed by atoms with Gasteiger partial charge in [0.2, 0.25) is 10.0 Å². The molecule has 7 heteroatoms. The second kappa shape index (κ2) is 7.53. The van der Waals surface area contributed by atoms with Crippen LogP contribution >= 0.6 is 11.3 Å². The van der Waals surface area contributed by atoms with Gasteiger partial charge in [-0.25, -0.2) is 13.4 Å². The van der Waals surface area contributed by atoms with Gasteiger partial charge in [-0.15, -0.1) is 11.3 Å². The maximum absolute atomic E-state index is 13.3. The number of hydrogen-bond donors (Lipinski definition) is 0. The molecule has 1 aliphatic heterocycles. The summed E-state index contributed by atoms with van der Waals surface area (Å²) in [6.07, 6.45) is 1.67. The molecule has 0 aliphatic carbocycles. The Morgan fingerprint density at radius 2 is 2.12 bits per heavy atom. The van der Waals surface area contributed by atoms with Gasteiger partial charge in [0.05, 0.1) is 4.90 Å². The van der Waals surface area contributed by atoms with Gasteiger partial charge in [-0.2, -0.15) is 4.31 Å². The van der Waals surface area contributed by atoms with Crippen LogP contribution in [0.5, 0.6) is 0 Å². The van der Waals surface area contributed by atoms with Crippen molar-refractivity contribution >= 4 is 21.4 Å². The summed E-state index contributed by atoms with van der Waals surface area (Å²) in [6, 6.07) is 7.20. The highest BCUT2D eigenvalue weighted by atomic mass is 32.2. The number of thiazole rings is 1. The third kappa shape index (κ3) is 3.95. The molecule has 1 aliphatic rings. The lowest BCUT2D eigenvalue weighted by Gasteiger charge is -2.29. The average Bonchev–Trinajstić information content (AvgIpc) is 2.93. The van der Waals surface area contributed by atoms with Crippen molar-refractivity contribution in [2.45, 2.75) is 37.6 Å². The van der Waals surface area contributed by atoms with Crippen LogP contribution in [0, 0.1) is 6.92 Å². The topological polar surface area (TPSA) is 53.5 Å². The van der Waals surface area contributed by atoms with E-state index in [1.54, 1.807) is 27.8 Å². The zero-order valence-corrected chi connectivity index (χ0v) is 16.6. The highest BCUT2D eigenvalue weighted by Gasteiger charge is 2.32. The molecule has 0 amide bonds. The van der Waals surface area contributed by atoms with Gasteiger partial charge in [0.15, 0.2) is 0 Å². The van der Waals surface area contributed by atoms with Crippen molar-refractivity contribution in [3.63, 3.8) is 0 Å². The Morgan fingerprint density at radius 3 is 2.80 bits per heavy atom. The maximum Gasteiger partial charge on any atom is 0.243 e. The standard InChI is InChI=1S/C18H25N3O2S2/c1-4-16-12-20(3)9-6-10-21(16)25(22,23)17-8-5-7-15(11-17)18-19-14(2)13-24-18/h5,7-8,11,13,16H,4,6,9-10,12H2,1-3H3/t16-/m1/s1. The zero-order chi connectivity index (χ0) is 18.0. The summed E-state index contributed by atoms with van der Waals surface area (Å²) < 4.78 is 28.3. The summed E-state index contributed by atoms with van der Waals surface area (Å²) >= 11 is 1.54.